The molecule has 0 bridgehead atoms. The van der Waals surface area contributed by atoms with E-state index in [9.17, 15) is 9.59 Å². The van der Waals surface area contributed by atoms with Gasteiger partial charge in [0.15, 0.2) is 33.3 Å². The van der Waals surface area contributed by atoms with Gasteiger partial charge in [0.25, 0.3) is 0 Å². The van der Waals surface area contributed by atoms with Crippen LogP contribution in [0.4, 0.5) is 21.0 Å². The molecule has 4 N–H and O–H groups in total. The number of carbonyl (C=O) groups excluding carboxylic acids is 2. The first kappa shape index (κ1) is 41.9. The number of hydrogen-bond acceptors (Lipinski definition) is 6. The molecule has 0 saturated carbocycles. The molecule has 0 spiro atoms. The van der Waals surface area contributed by atoms with Crippen LogP contribution in [0.15, 0.2) is 18.2 Å². The maximum Gasteiger partial charge on any atom is 0.319 e. The van der Waals surface area contributed by atoms with Crippen LogP contribution in [0, 0.1) is 6.92 Å². The summed E-state index contributed by atoms with van der Waals surface area (Å²) in [6.07, 6.45) is 0.776. The van der Waals surface area contributed by atoms with Crippen LogP contribution in [0.1, 0.15) is 18.9 Å². The van der Waals surface area contributed by atoms with Crippen molar-refractivity contribution in [3.05, 3.63) is 23.8 Å². The van der Waals surface area contributed by atoms with Gasteiger partial charge in [0, 0.05) is 30.0 Å². The second-order valence-corrected chi connectivity index (χ2v) is 42.2. The van der Waals surface area contributed by atoms with Gasteiger partial charge in [-0.3, -0.25) is 0 Å². The minimum absolute atomic E-state index is 0.0605. The van der Waals surface area contributed by atoms with Crippen molar-refractivity contribution < 1.29 is 26.0 Å². The average Bonchev–Trinajstić information content (AvgIpc) is 2.77. The summed E-state index contributed by atoms with van der Waals surface area (Å²) in [7, 11) is -12.1. The molecule has 10 nitrogen and oxygen atoms in total. The number of anilines is 2. The number of aryl methyl sites for hydroxylation is 1. The zero-order valence-electron chi connectivity index (χ0n) is 31.1. The van der Waals surface area contributed by atoms with Crippen molar-refractivity contribution in [3.8, 4) is 0 Å². The Morgan fingerprint density at radius 3 is 1.62 bits per heavy atom. The number of rotatable bonds is 17. The van der Waals surface area contributed by atoms with Gasteiger partial charge in [-0.15, -0.1) is 0 Å². The molecule has 0 aliphatic carbocycles. The highest BCUT2D eigenvalue weighted by atomic mass is 28.5. The lowest BCUT2D eigenvalue weighted by Gasteiger charge is -2.42. The number of benzene rings is 1. The fourth-order valence-electron chi connectivity index (χ4n) is 5.08. The summed E-state index contributed by atoms with van der Waals surface area (Å²) < 4.78 is 26.4. The highest BCUT2D eigenvalue weighted by Gasteiger charge is 2.45. The highest BCUT2D eigenvalue weighted by molar-refractivity contribution is 6.88. The first-order valence-electron chi connectivity index (χ1n) is 16.1. The second kappa shape index (κ2) is 16.3. The maximum absolute atomic E-state index is 12.9. The van der Waals surface area contributed by atoms with Crippen LogP contribution in [0.2, 0.25) is 103 Å². The van der Waals surface area contributed by atoms with Gasteiger partial charge in [0.05, 0.1) is 0 Å². The Morgan fingerprint density at radius 2 is 1.16 bits per heavy atom. The zero-order chi connectivity index (χ0) is 35.1. The number of amides is 4. The monoisotopic (exact) mass is 732 g/mol. The maximum atomic E-state index is 12.9. The molecule has 0 radical (unpaired) electrons. The number of urea groups is 2. The van der Waals surface area contributed by atoms with Crippen LogP contribution in [0.3, 0.4) is 0 Å². The summed E-state index contributed by atoms with van der Waals surface area (Å²) in [6.45, 7) is 35.5. The average molecular weight is 733 g/mol. The molecule has 0 heterocycles. The number of hydrogen-bond donors (Lipinski definition) is 4. The van der Waals surface area contributed by atoms with Gasteiger partial charge in [0.2, 0.25) is 0 Å². The summed E-state index contributed by atoms with van der Waals surface area (Å²) in [4.78, 5) is 25.7. The topological polar surface area (TPSA) is 119 Å². The van der Waals surface area contributed by atoms with E-state index in [4.69, 9.17) is 16.5 Å². The zero-order valence-corrected chi connectivity index (χ0v) is 37.1. The van der Waals surface area contributed by atoms with Crippen molar-refractivity contribution in [2.45, 2.75) is 124 Å². The summed E-state index contributed by atoms with van der Waals surface area (Å²) >= 11 is 0. The Morgan fingerprint density at radius 1 is 0.689 bits per heavy atom. The number of nitrogens with one attached hydrogen (secondary N) is 4. The number of carbonyl (C=O) groups is 2. The summed E-state index contributed by atoms with van der Waals surface area (Å²) in [6, 6.07) is 5.69. The second-order valence-electron chi connectivity index (χ2n) is 16.3. The van der Waals surface area contributed by atoms with Crippen LogP contribution in [-0.4, -0.2) is 75.5 Å². The van der Waals surface area contributed by atoms with Gasteiger partial charge in [-0.1, -0.05) is 13.0 Å². The Labute approximate surface area is 280 Å². The van der Waals surface area contributed by atoms with Gasteiger partial charge in [-0.25, -0.2) is 9.59 Å². The third-order valence-electron chi connectivity index (χ3n) is 6.36. The molecular formula is C29H64N4O6Si6. The minimum atomic E-state index is -2.55. The van der Waals surface area contributed by atoms with E-state index >= 15 is 0 Å². The van der Waals surface area contributed by atoms with Crippen LogP contribution in [-0.2, 0) is 16.5 Å². The Kier molecular flexibility index (Phi) is 15.2. The Balaban J connectivity index is 2.76. The van der Waals surface area contributed by atoms with Crippen molar-refractivity contribution in [2.75, 3.05) is 23.7 Å². The van der Waals surface area contributed by atoms with E-state index in [-0.39, 0.29) is 17.6 Å². The molecule has 0 aliphatic rings. The lowest BCUT2D eigenvalue weighted by Crippen LogP contribution is -2.56. The third-order valence-corrected chi connectivity index (χ3v) is 26.1. The van der Waals surface area contributed by atoms with Crippen molar-refractivity contribution in [2.24, 2.45) is 0 Å². The van der Waals surface area contributed by atoms with Crippen molar-refractivity contribution in [3.63, 3.8) is 0 Å². The molecule has 0 fully saturated rings. The molecule has 0 aliphatic heterocycles. The molecule has 1 aromatic carbocycles. The SMILES string of the molecule is Cc1ccc(NC(=O)NCC(C)[Si](C)(O[Si](C)(C)C)O[Si](C)(C)C)cc1NC(=O)NCCC[Si](C)(O[Si](C)(C)C)O[Si](C)(C)C. The van der Waals surface area contributed by atoms with E-state index in [1.54, 1.807) is 6.07 Å². The van der Waals surface area contributed by atoms with Crippen LogP contribution in [0.5, 0.6) is 0 Å². The van der Waals surface area contributed by atoms with Gasteiger partial charge in [-0.05, 0) is 129 Å². The van der Waals surface area contributed by atoms with E-state index in [1.807, 2.05) is 19.1 Å². The van der Waals surface area contributed by atoms with Crippen molar-refractivity contribution in [1.29, 1.82) is 0 Å². The predicted octanol–water partition coefficient (Wildman–Crippen LogP) is 8.57. The molecule has 1 rings (SSSR count). The van der Waals surface area contributed by atoms with E-state index in [0.717, 1.165) is 18.0 Å². The molecule has 16 heteroatoms. The largest absolute Gasteiger partial charge is 0.437 e. The van der Waals surface area contributed by atoms with Crippen LogP contribution < -0.4 is 21.3 Å². The van der Waals surface area contributed by atoms with Crippen LogP contribution >= 0.6 is 0 Å². The fourth-order valence-corrected chi connectivity index (χ4v) is 30.0. The molecule has 1 unspecified atom stereocenters. The van der Waals surface area contributed by atoms with E-state index in [2.05, 4.69) is 120 Å². The Bertz CT molecular complexity index is 1100. The normalized spacial score (nSPS) is 14.1. The molecule has 260 valence electrons. The molecule has 0 saturated heterocycles. The van der Waals surface area contributed by atoms with Crippen molar-refractivity contribution in [1.82, 2.24) is 10.6 Å². The highest BCUT2D eigenvalue weighted by Crippen LogP contribution is 2.31. The van der Waals surface area contributed by atoms with Gasteiger partial charge in [0.1, 0.15) is 0 Å². The standard InChI is InChI=1S/C29H64N4O6Si6/c1-24-18-19-26(32-29(35)31-23-25(2)45(16,38-42(9,10)11)39-43(12,13)14)22-27(24)33-28(34)30-20-17-21-44(15,36-40(3,4)5)37-41(6,7)8/h18-19,22,25H,17,20-21,23H2,1-16H3,(H2,30,33,34)(H2,31,32,35). The third kappa shape index (κ3) is 18.1. The Hall–Kier alpha value is -1.10. The molecule has 1 atom stereocenters. The van der Waals surface area contributed by atoms with Crippen molar-refractivity contribution >= 4 is 73.8 Å². The quantitative estimate of drug-likeness (QED) is 0.0942. The molecular weight excluding hydrogens is 669 g/mol. The predicted molar refractivity (Wildman–Crippen MR) is 205 cm³/mol. The lowest BCUT2D eigenvalue weighted by atomic mass is 10.2. The van der Waals surface area contributed by atoms with Crippen LogP contribution in [0.25, 0.3) is 0 Å². The summed E-state index contributed by atoms with van der Waals surface area (Å²) in [5.41, 5.74) is 2.18. The van der Waals surface area contributed by atoms with E-state index in [1.165, 1.54) is 0 Å². The first-order chi connectivity index (χ1) is 20.1. The fraction of sp³-hybridized carbons (Fsp3) is 0.724. The van der Waals surface area contributed by atoms with Gasteiger partial charge >= 0.3 is 29.2 Å². The summed E-state index contributed by atoms with van der Waals surface area (Å²) in [5, 5.41) is 11.8. The minimum Gasteiger partial charge on any atom is -0.437 e. The lowest BCUT2D eigenvalue weighted by molar-refractivity contribution is 0.251. The smallest absolute Gasteiger partial charge is 0.319 e. The van der Waals surface area contributed by atoms with Gasteiger partial charge < -0.3 is 37.7 Å². The van der Waals surface area contributed by atoms with Gasteiger partial charge in [-0.2, -0.15) is 0 Å². The molecule has 1 aromatic rings. The first-order valence-corrected chi connectivity index (χ1v) is 34.7. The molecule has 4 amide bonds. The van der Waals surface area contributed by atoms with E-state index < -0.39 is 50.4 Å². The summed E-state index contributed by atoms with van der Waals surface area (Å²) in [5.74, 6) is 0. The van der Waals surface area contributed by atoms with E-state index in [0.29, 0.717) is 24.5 Å². The molecule has 0 aromatic heterocycles. The molecule has 45 heavy (non-hydrogen) atoms.